The first kappa shape index (κ1) is 21.0. The van der Waals surface area contributed by atoms with Gasteiger partial charge in [-0.05, 0) is 38.0 Å². The molecular weight excluding hydrogens is 451 g/mol. The van der Waals surface area contributed by atoms with Gasteiger partial charge in [0.05, 0.1) is 17.7 Å². The van der Waals surface area contributed by atoms with Crippen LogP contribution in [0.2, 0.25) is 0 Å². The third-order valence-electron chi connectivity index (χ3n) is 5.14. The van der Waals surface area contributed by atoms with Gasteiger partial charge in [0.25, 0.3) is 11.5 Å². The number of aromatic nitrogens is 3. The first-order chi connectivity index (χ1) is 16.0. The van der Waals surface area contributed by atoms with Crippen LogP contribution >= 0.6 is 11.3 Å². The predicted molar refractivity (Wildman–Crippen MR) is 118 cm³/mol. The average Bonchev–Trinajstić information content (AvgIpc) is 3.37. The molecule has 5 rings (SSSR count). The van der Waals surface area contributed by atoms with Crippen molar-refractivity contribution in [2.75, 3.05) is 11.9 Å². The average molecular weight is 468 g/mol. The summed E-state index contributed by atoms with van der Waals surface area (Å²) >= 11 is 1.06. The van der Waals surface area contributed by atoms with Crippen LogP contribution in [0.5, 0.6) is 0 Å². The van der Waals surface area contributed by atoms with Crippen LogP contribution in [-0.2, 0) is 4.74 Å². The van der Waals surface area contributed by atoms with Gasteiger partial charge in [0.15, 0.2) is 11.4 Å². The quantitative estimate of drug-likeness (QED) is 0.427. The highest BCUT2D eigenvalue weighted by Gasteiger charge is 2.29. The van der Waals surface area contributed by atoms with E-state index in [1.54, 1.807) is 18.4 Å². The number of rotatable bonds is 6. The number of hydrogen-bond donors (Lipinski definition) is 1. The lowest BCUT2D eigenvalue weighted by molar-refractivity contribution is 0.0520. The molecule has 0 spiro atoms. The van der Waals surface area contributed by atoms with Crippen molar-refractivity contribution in [3.8, 4) is 5.69 Å². The summed E-state index contributed by atoms with van der Waals surface area (Å²) in [7, 11) is 0. The lowest BCUT2D eigenvalue weighted by Crippen LogP contribution is -2.25. The zero-order valence-electron chi connectivity index (χ0n) is 17.3. The highest BCUT2D eigenvalue weighted by Crippen LogP contribution is 2.40. The number of benzene rings is 1. The smallest absolute Gasteiger partial charge is 0.359 e. The van der Waals surface area contributed by atoms with Gasteiger partial charge in [-0.15, -0.1) is 11.3 Å². The predicted octanol–water partition coefficient (Wildman–Crippen LogP) is 3.88. The van der Waals surface area contributed by atoms with Crippen LogP contribution in [0.25, 0.3) is 16.5 Å². The number of carbonyl (C=O) groups excluding carboxylic acids is 2. The van der Waals surface area contributed by atoms with Crippen molar-refractivity contribution in [2.24, 2.45) is 0 Å². The Morgan fingerprint density at radius 1 is 1.33 bits per heavy atom. The van der Waals surface area contributed by atoms with Crippen LogP contribution in [0.1, 0.15) is 52.4 Å². The number of halogens is 1. The van der Waals surface area contributed by atoms with Gasteiger partial charge in [0.1, 0.15) is 16.6 Å². The summed E-state index contributed by atoms with van der Waals surface area (Å²) in [5.41, 5.74) is -0.533. The zero-order chi connectivity index (χ0) is 23.1. The second-order valence-corrected chi connectivity index (χ2v) is 8.34. The number of anilines is 1. The number of ether oxygens (including phenoxy) is 1. The van der Waals surface area contributed by atoms with Crippen molar-refractivity contribution in [1.82, 2.24) is 14.9 Å². The van der Waals surface area contributed by atoms with Crippen LogP contribution in [0, 0.1) is 5.82 Å². The minimum absolute atomic E-state index is 0.0570. The van der Waals surface area contributed by atoms with Crippen LogP contribution < -0.4 is 10.9 Å². The fourth-order valence-electron chi connectivity index (χ4n) is 3.40. The van der Waals surface area contributed by atoms with Gasteiger partial charge in [0, 0.05) is 22.8 Å². The Labute approximate surface area is 189 Å². The standard InChI is InChI=1S/C22H17FN4O5S/c1-2-31-22(30)18-14-10-33-20(24-19(28)15-9-16(32-26-15)11-6-7-11)17(14)21(29)27(25-18)13-5-3-4-12(23)8-13/h3-5,8-11H,2,6-7H2,1H3,(H,24,28). The molecule has 11 heteroatoms. The van der Waals surface area contributed by atoms with Gasteiger partial charge in [-0.25, -0.2) is 9.18 Å². The minimum Gasteiger partial charge on any atom is -0.461 e. The Morgan fingerprint density at radius 2 is 2.15 bits per heavy atom. The first-order valence-electron chi connectivity index (χ1n) is 10.2. The Kier molecular flexibility index (Phi) is 5.25. The summed E-state index contributed by atoms with van der Waals surface area (Å²) in [6, 6.07) is 6.83. The van der Waals surface area contributed by atoms with Crippen molar-refractivity contribution in [3.63, 3.8) is 0 Å². The summed E-state index contributed by atoms with van der Waals surface area (Å²) in [6.07, 6.45) is 1.99. The maximum atomic E-state index is 13.8. The summed E-state index contributed by atoms with van der Waals surface area (Å²) in [4.78, 5) is 38.6. The molecule has 0 unspecified atom stereocenters. The third-order valence-corrected chi connectivity index (χ3v) is 6.04. The van der Waals surface area contributed by atoms with Crippen molar-refractivity contribution in [1.29, 1.82) is 0 Å². The molecule has 3 heterocycles. The third kappa shape index (κ3) is 3.91. The highest BCUT2D eigenvalue weighted by molar-refractivity contribution is 7.16. The maximum Gasteiger partial charge on any atom is 0.359 e. The van der Waals surface area contributed by atoms with E-state index in [0.29, 0.717) is 11.7 Å². The molecule has 1 saturated carbocycles. The fourth-order valence-corrected chi connectivity index (χ4v) is 4.33. The van der Waals surface area contributed by atoms with E-state index in [9.17, 15) is 18.8 Å². The van der Waals surface area contributed by atoms with Crippen LogP contribution in [0.3, 0.4) is 0 Å². The molecule has 1 fully saturated rings. The minimum atomic E-state index is -0.742. The van der Waals surface area contributed by atoms with Gasteiger partial charge in [-0.1, -0.05) is 11.2 Å². The Balaban J connectivity index is 1.61. The van der Waals surface area contributed by atoms with E-state index in [4.69, 9.17) is 9.26 Å². The Bertz CT molecular complexity index is 1450. The molecule has 0 atom stereocenters. The number of nitrogens with one attached hydrogen (secondary N) is 1. The number of fused-ring (bicyclic) bond motifs is 1. The molecule has 0 aliphatic heterocycles. The van der Waals surface area contributed by atoms with Gasteiger partial charge in [0.2, 0.25) is 0 Å². The van der Waals surface area contributed by atoms with Gasteiger partial charge >= 0.3 is 5.97 Å². The summed E-state index contributed by atoms with van der Waals surface area (Å²) in [6.45, 7) is 1.75. The van der Waals surface area contributed by atoms with E-state index in [1.807, 2.05) is 0 Å². The molecule has 1 aliphatic carbocycles. The largest absolute Gasteiger partial charge is 0.461 e. The Hall–Kier alpha value is -3.86. The molecular formula is C22H17FN4O5S. The van der Waals surface area contributed by atoms with Crippen molar-refractivity contribution in [2.45, 2.75) is 25.7 Å². The molecule has 0 bridgehead atoms. The molecule has 168 valence electrons. The summed E-state index contributed by atoms with van der Waals surface area (Å²) < 4.78 is 25.0. The monoisotopic (exact) mass is 468 g/mol. The van der Waals surface area contributed by atoms with E-state index >= 15 is 0 Å². The van der Waals surface area contributed by atoms with E-state index in [2.05, 4.69) is 15.6 Å². The van der Waals surface area contributed by atoms with E-state index in [-0.39, 0.29) is 39.5 Å². The van der Waals surface area contributed by atoms with Crippen molar-refractivity contribution >= 4 is 39.0 Å². The van der Waals surface area contributed by atoms with E-state index in [0.717, 1.165) is 34.9 Å². The molecule has 0 radical (unpaired) electrons. The molecule has 0 saturated heterocycles. The summed E-state index contributed by atoms with van der Waals surface area (Å²) in [5, 5.41) is 12.7. The normalized spacial score (nSPS) is 13.3. The maximum absolute atomic E-state index is 13.8. The van der Waals surface area contributed by atoms with E-state index in [1.165, 1.54) is 18.2 Å². The van der Waals surface area contributed by atoms with Crippen molar-refractivity contribution in [3.05, 3.63) is 69.0 Å². The van der Waals surface area contributed by atoms with E-state index < -0.39 is 23.3 Å². The van der Waals surface area contributed by atoms with Gasteiger partial charge in [-0.2, -0.15) is 9.78 Å². The lowest BCUT2D eigenvalue weighted by atomic mass is 10.2. The lowest BCUT2D eigenvalue weighted by Gasteiger charge is -2.09. The number of nitrogens with zero attached hydrogens (tertiary/aromatic N) is 3. The van der Waals surface area contributed by atoms with Gasteiger partial charge in [-0.3, -0.25) is 9.59 Å². The second kappa shape index (κ2) is 8.24. The number of carbonyl (C=O) groups is 2. The molecule has 1 amide bonds. The molecule has 1 N–H and O–H groups in total. The number of hydrogen-bond acceptors (Lipinski definition) is 8. The van der Waals surface area contributed by atoms with Gasteiger partial charge < -0.3 is 14.6 Å². The van der Waals surface area contributed by atoms with Crippen molar-refractivity contribution < 1.29 is 23.2 Å². The van der Waals surface area contributed by atoms with Crippen LogP contribution in [0.4, 0.5) is 9.39 Å². The Morgan fingerprint density at radius 3 is 2.88 bits per heavy atom. The number of esters is 1. The molecule has 4 aromatic rings. The zero-order valence-corrected chi connectivity index (χ0v) is 18.1. The number of thiophene rings is 1. The molecule has 3 aromatic heterocycles. The molecule has 33 heavy (non-hydrogen) atoms. The molecule has 1 aromatic carbocycles. The SMILES string of the molecule is CCOC(=O)c1nn(-c2cccc(F)c2)c(=O)c2c(NC(=O)c3cc(C4CC4)on3)scc12. The molecule has 1 aliphatic rings. The summed E-state index contributed by atoms with van der Waals surface area (Å²) in [5.74, 6) is -0.929. The fraction of sp³-hybridized carbons (Fsp3) is 0.227. The number of amides is 1. The highest BCUT2D eigenvalue weighted by atomic mass is 32.1. The van der Waals surface area contributed by atoms with Crippen LogP contribution in [0.15, 0.2) is 45.0 Å². The van der Waals surface area contributed by atoms with Crippen LogP contribution in [-0.4, -0.2) is 33.4 Å². The molecule has 9 nitrogen and oxygen atoms in total. The first-order valence-corrected chi connectivity index (χ1v) is 11.1. The second-order valence-electron chi connectivity index (χ2n) is 7.46. The topological polar surface area (TPSA) is 116 Å².